The number of aryl methyl sites for hydroxylation is 1. The summed E-state index contributed by atoms with van der Waals surface area (Å²) < 4.78 is 7.49. The number of ether oxygens (including phenoxy) is 1. The van der Waals surface area contributed by atoms with Gasteiger partial charge in [0.25, 0.3) is 5.56 Å². The van der Waals surface area contributed by atoms with Gasteiger partial charge in [0, 0.05) is 6.20 Å². The van der Waals surface area contributed by atoms with Crippen LogP contribution in [-0.2, 0) is 10.3 Å². The van der Waals surface area contributed by atoms with Crippen LogP contribution in [0, 0.1) is 25.2 Å². The van der Waals surface area contributed by atoms with Crippen LogP contribution in [0.15, 0.2) is 52.3 Å². The maximum absolute atomic E-state index is 13.6. The van der Waals surface area contributed by atoms with E-state index in [0.717, 1.165) is 15.1 Å². The molecule has 0 radical (unpaired) electrons. The number of nitrogens with zero attached hydrogens (tertiary/aromatic N) is 5. The third-order valence-corrected chi connectivity index (χ3v) is 5.34. The summed E-state index contributed by atoms with van der Waals surface area (Å²) >= 11 is 0. The summed E-state index contributed by atoms with van der Waals surface area (Å²) in [5.74, 6) is 6.35. The fourth-order valence-corrected chi connectivity index (χ4v) is 3.73. The molecule has 0 spiro atoms. The van der Waals surface area contributed by atoms with E-state index in [1.807, 2.05) is 0 Å². The molecule has 3 heterocycles. The fourth-order valence-electron chi connectivity index (χ4n) is 3.73. The van der Waals surface area contributed by atoms with Crippen LogP contribution in [0.4, 0.5) is 17.1 Å². The minimum atomic E-state index is -1.24. The molecule has 4 N–H and O–H groups in total. The van der Waals surface area contributed by atoms with Gasteiger partial charge >= 0.3 is 5.69 Å². The summed E-state index contributed by atoms with van der Waals surface area (Å²) in [6, 6.07) is 10.6. The van der Waals surface area contributed by atoms with E-state index in [1.165, 1.54) is 10.8 Å². The second-order valence-electron chi connectivity index (χ2n) is 7.48. The van der Waals surface area contributed by atoms with Gasteiger partial charge in [0.1, 0.15) is 5.69 Å². The van der Waals surface area contributed by atoms with Gasteiger partial charge in [0.15, 0.2) is 5.54 Å². The Kier molecular flexibility index (Phi) is 4.85. The molecule has 1 fully saturated rings. The number of aromatic nitrogens is 3. The van der Waals surface area contributed by atoms with Gasteiger partial charge in [-0.15, -0.1) is 0 Å². The molecule has 0 saturated carbocycles. The van der Waals surface area contributed by atoms with Crippen molar-refractivity contribution in [1.82, 2.24) is 14.1 Å². The number of benzene rings is 1. The zero-order valence-electron chi connectivity index (χ0n) is 17.1. The number of nitriles is 1. The van der Waals surface area contributed by atoms with E-state index in [0.29, 0.717) is 11.4 Å². The molecule has 0 amide bonds. The van der Waals surface area contributed by atoms with Gasteiger partial charge in [0.05, 0.1) is 48.2 Å². The molecule has 3 aromatic rings. The van der Waals surface area contributed by atoms with Crippen LogP contribution in [0.2, 0.25) is 0 Å². The van der Waals surface area contributed by atoms with Gasteiger partial charge in [-0.25, -0.2) is 15.2 Å². The van der Waals surface area contributed by atoms with Crippen LogP contribution in [-0.4, -0.2) is 27.3 Å². The zero-order chi connectivity index (χ0) is 22.3. The largest absolute Gasteiger partial charge is 0.397 e. The average Bonchev–Trinajstić information content (AvgIpc) is 2.70. The molecule has 31 heavy (non-hydrogen) atoms. The number of nitrogen functional groups attached to an aromatic ring is 1. The Bertz CT molecular complexity index is 1330. The normalized spacial score (nSPS) is 14.5. The highest BCUT2D eigenvalue weighted by Crippen LogP contribution is 2.31. The highest BCUT2D eigenvalue weighted by Gasteiger charge is 2.44. The lowest BCUT2D eigenvalue weighted by Crippen LogP contribution is -2.59. The summed E-state index contributed by atoms with van der Waals surface area (Å²) in [4.78, 5) is 31.2. The van der Waals surface area contributed by atoms with Crippen LogP contribution in [0.1, 0.15) is 11.3 Å². The highest BCUT2D eigenvalue weighted by atomic mass is 16.5. The molecule has 0 aliphatic carbocycles. The first-order valence-electron chi connectivity index (χ1n) is 9.50. The van der Waals surface area contributed by atoms with Crippen molar-refractivity contribution in [3.8, 4) is 11.8 Å². The van der Waals surface area contributed by atoms with Crippen LogP contribution >= 0.6 is 0 Å². The molecule has 0 bridgehead atoms. The van der Waals surface area contributed by atoms with E-state index in [2.05, 4.69) is 11.1 Å². The molecule has 4 rings (SSSR count). The first kappa shape index (κ1) is 20.3. The Morgan fingerprint density at radius 1 is 1.23 bits per heavy atom. The van der Waals surface area contributed by atoms with Crippen LogP contribution in [0.3, 0.4) is 0 Å². The Balaban J connectivity index is 2.10. The summed E-state index contributed by atoms with van der Waals surface area (Å²) in [6.45, 7) is 3.41. The van der Waals surface area contributed by atoms with Crippen molar-refractivity contribution in [2.75, 3.05) is 24.0 Å². The van der Waals surface area contributed by atoms with Gasteiger partial charge in [-0.05, 0) is 37.6 Å². The lowest BCUT2D eigenvalue weighted by molar-refractivity contribution is -0.0705. The lowest BCUT2D eigenvalue weighted by Gasteiger charge is -2.38. The van der Waals surface area contributed by atoms with Crippen molar-refractivity contribution < 1.29 is 4.74 Å². The van der Waals surface area contributed by atoms with Gasteiger partial charge in [-0.2, -0.15) is 5.26 Å². The van der Waals surface area contributed by atoms with E-state index < -0.39 is 16.8 Å². The molecule has 1 saturated heterocycles. The predicted octanol–water partition coefficient (Wildman–Crippen LogP) is 0.854. The molecular formula is C21H21N7O3. The Morgan fingerprint density at radius 3 is 2.52 bits per heavy atom. The average molecular weight is 419 g/mol. The van der Waals surface area contributed by atoms with Gasteiger partial charge in [-0.3, -0.25) is 19.4 Å². The predicted molar refractivity (Wildman–Crippen MR) is 115 cm³/mol. The number of nitrogens with two attached hydrogens (primary N) is 2. The molecule has 1 aliphatic heterocycles. The van der Waals surface area contributed by atoms with Gasteiger partial charge in [0.2, 0.25) is 0 Å². The second kappa shape index (κ2) is 7.39. The minimum Gasteiger partial charge on any atom is -0.397 e. The van der Waals surface area contributed by atoms with E-state index in [4.69, 9.17) is 16.3 Å². The first-order valence-corrected chi connectivity index (χ1v) is 9.50. The number of para-hydroxylation sites is 2. The lowest BCUT2D eigenvalue weighted by atomic mass is 9.98. The van der Waals surface area contributed by atoms with E-state index in [1.54, 1.807) is 50.4 Å². The maximum atomic E-state index is 13.6. The topological polar surface area (TPSA) is 145 Å². The SMILES string of the molecule is Cc1cncc(-n2c(=O)c(N(N)c3ccccc3N)c(C)n(C3(C#N)COC3)c2=O)c1. The van der Waals surface area contributed by atoms with Gasteiger partial charge < -0.3 is 10.5 Å². The van der Waals surface area contributed by atoms with E-state index in [9.17, 15) is 14.9 Å². The number of pyridine rings is 1. The molecule has 10 heteroatoms. The monoisotopic (exact) mass is 419 g/mol. The summed E-state index contributed by atoms with van der Waals surface area (Å²) in [5, 5.41) is 11.0. The van der Waals surface area contributed by atoms with Crippen LogP contribution in [0.25, 0.3) is 5.69 Å². The Hall–Kier alpha value is -3.94. The molecular weight excluding hydrogens is 398 g/mol. The van der Waals surface area contributed by atoms with Crippen molar-refractivity contribution >= 4 is 17.1 Å². The quantitative estimate of drug-likeness (QED) is 0.360. The van der Waals surface area contributed by atoms with Crippen molar-refractivity contribution in [2.45, 2.75) is 19.4 Å². The Morgan fingerprint density at radius 2 is 1.94 bits per heavy atom. The first-order chi connectivity index (χ1) is 14.8. The third kappa shape index (κ3) is 3.07. The van der Waals surface area contributed by atoms with Crippen molar-refractivity contribution in [3.05, 3.63) is 74.8 Å². The molecule has 158 valence electrons. The molecule has 2 aromatic heterocycles. The molecule has 10 nitrogen and oxygen atoms in total. The highest BCUT2D eigenvalue weighted by molar-refractivity contribution is 5.74. The number of hydrogen-bond acceptors (Lipinski definition) is 8. The smallest absolute Gasteiger partial charge is 0.337 e. The number of hydrogen-bond donors (Lipinski definition) is 2. The molecule has 0 atom stereocenters. The van der Waals surface area contributed by atoms with Crippen LogP contribution in [0.5, 0.6) is 0 Å². The van der Waals surface area contributed by atoms with Gasteiger partial charge in [-0.1, -0.05) is 12.1 Å². The van der Waals surface area contributed by atoms with Crippen molar-refractivity contribution in [1.29, 1.82) is 5.26 Å². The number of hydrazine groups is 1. The Labute approximate surface area is 177 Å². The third-order valence-electron chi connectivity index (χ3n) is 5.34. The molecule has 1 aromatic carbocycles. The van der Waals surface area contributed by atoms with Crippen molar-refractivity contribution in [2.24, 2.45) is 5.84 Å². The molecule has 1 aliphatic rings. The standard InChI is InChI=1S/C21H21N7O3/c1-13-7-15(9-25-8-13)26-19(29)18(28(24)17-6-4-3-5-16(17)23)14(2)27(20(26)30)21(10-22)11-31-12-21/h3-9H,11-12,23-24H2,1-2H3. The summed E-state index contributed by atoms with van der Waals surface area (Å²) in [5.41, 5.74) is 5.53. The number of rotatable bonds is 4. The molecule has 0 unspecified atom stereocenters. The zero-order valence-corrected chi connectivity index (χ0v) is 17.1. The van der Waals surface area contributed by atoms with E-state index in [-0.39, 0.29) is 30.3 Å². The fraction of sp³-hybridized carbons (Fsp3) is 0.238. The summed E-state index contributed by atoms with van der Waals surface area (Å²) in [6.07, 6.45) is 3.02. The second-order valence-corrected chi connectivity index (χ2v) is 7.48. The minimum absolute atomic E-state index is 0.0144. The van der Waals surface area contributed by atoms with Crippen molar-refractivity contribution in [3.63, 3.8) is 0 Å². The summed E-state index contributed by atoms with van der Waals surface area (Å²) in [7, 11) is 0. The maximum Gasteiger partial charge on any atom is 0.337 e. The number of anilines is 3. The van der Waals surface area contributed by atoms with E-state index >= 15 is 0 Å². The van der Waals surface area contributed by atoms with Crippen LogP contribution < -0.4 is 27.8 Å².